The minimum atomic E-state index is -0.339. The monoisotopic (exact) mass is 127 g/mol. The third kappa shape index (κ3) is 5.11. The highest BCUT2D eigenvalue weighted by atomic mass is 16.3. The van der Waals surface area contributed by atoms with E-state index in [1.54, 1.807) is 6.08 Å². The molecule has 0 amide bonds. The van der Waals surface area contributed by atoms with E-state index in [9.17, 15) is 0 Å². The van der Waals surface area contributed by atoms with Crippen LogP contribution in [0.5, 0.6) is 0 Å². The average molecular weight is 127 g/mol. The summed E-state index contributed by atoms with van der Waals surface area (Å²) in [5.41, 5.74) is 0. The van der Waals surface area contributed by atoms with Crippen LogP contribution in [0, 0.1) is 6.08 Å². The van der Waals surface area contributed by atoms with Gasteiger partial charge in [-0.2, -0.15) is 0 Å². The van der Waals surface area contributed by atoms with Crippen LogP contribution in [-0.2, 0) is 0 Å². The first kappa shape index (κ1) is 8.24. The van der Waals surface area contributed by atoms with Gasteiger partial charge >= 0.3 is 0 Å². The Bertz CT molecular complexity index is 114. The van der Waals surface area contributed by atoms with Gasteiger partial charge in [0.15, 0.2) is 0 Å². The molecular formula is C7H11O2. The minimum Gasteiger partial charge on any atom is -0.509 e. The molecule has 0 aliphatic carbocycles. The standard InChI is InChI=1S/C7H11O2/c1-2-3-4-5-7(9)6-8/h3-4,8-9H,2,6H2,1H3. The molecule has 0 saturated heterocycles. The summed E-state index contributed by atoms with van der Waals surface area (Å²) in [6, 6.07) is 0. The van der Waals surface area contributed by atoms with E-state index in [4.69, 9.17) is 10.2 Å². The largest absolute Gasteiger partial charge is 0.509 e. The third-order valence-corrected chi connectivity index (χ3v) is 0.753. The van der Waals surface area contributed by atoms with Crippen LogP contribution in [0.4, 0.5) is 0 Å². The van der Waals surface area contributed by atoms with E-state index in [-0.39, 0.29) is 12.4 Å². The van der Waals surface area contributed by atoms with Gasteiger partial charge in [-0.05, 0) is 6.42 Å². The second-order valence-corrected chi connectivity index (χ2v) is 1.56. The van der Waals surface area contributed by atoms with Gasteiger partial charge in [0, 0.05) is 6.08 Å². The molecule has 0 fully saturated rings. The quantitative estimate of drug-likeness (QED) is 0.441. The molecule has 0 atom stereocenters. The van der Waals surface area contributed by atoms with E-state index in [0.717, 1.165) is 6.42 Å². The van der Waals surface area contributed by atoms with Crippen molar-refractivity contribution in [2.75, 3.05) is 6.61 Å². The molecule has 0 rings (SSSR count). The van der Waals surface area contributed by atoms with Crippen LogP contribution in [0.2, 0.25) is 0 Å². The first-order valence-corrected chi connectivity index (χ1v) is 2.88. The van der Waals surface area contributed by atoms with Crippen LogP contribution in [0.25, 0.3) is 0 Å². The van der Waals surface area contributed by atoms with Crippen molar-refractivity contribution >= 4 is 0 Å². The molecule has 2 N–H and O–H groups in total. The van der Waals surface area contributed by atoms with Crippen molar-refractivity contribution in [3.63, 3.8) is 0 Å². The van der Waals surface area contributed by atoms with Crippen LogP contribution in [-0.4, -0.2) is 16.8 Å². The smallest absolute Gasteiger partial charge is 0.126 e. The molecule has 2 nitrogen and oxygen atoms in total. The molecule has 0 aromatic rings. The molecule has 0 aromatic carbocycles. The fourth-order valence-electron chi connectivity index (χ4n) is 0.319. The van der Waals surface area contributed by atoms with E-state index in [1.807, 2.05) is 13.0 Å². The maximum atomic E-state index is 8.59. The minimum absolute atomic E-state index is 0.125. The molecule has 0 spiro atoms. The SMILES string of the molecule is CCC=C/[C]=C(\O)CO. The highest BCUT2D eigenvalue weighted by Gasteiger charge is 1.82. The summed E-state index contributed by atoms with van der Waals surface area (Å²) in [4.78, 5) is 0. The van der Waals surface area contributed by atoms with Crippen molar-refractivity contribution in [2.45, 2.75) is 13.3 Å². The lowest BCUT2D eigenvalue weighted by molar-refractivity contribution is 0.252. The van der Waals surface area contributed by atoms with E-state index < -0.39 is 0 Å². The highest BCUT2D eigenvalue weighted by Crippen LogP contribution is 1.86. The second kappa shape index (κ2) is 5.38. The highest BCUT2D eigenvalue weighted by molar-refractivity contribution is 4.98. The van der Waals surface area contributed by atoms with Gasteiger partial charge in [0.2, 0.25) is 0 Å². The summed E-state index contributed by atoms with van der Waals surface area (Å²) in [5, 5.41) is 16.8. The number of hydrogen-bond donors (Lipinski definition) is 2. The lowest BCUT2D eigenvalue weighted by atomic mass is 10.4. The lowest BCUT2D eigenvalue weighted by Gasteiger charge is -1.85. The van der Waals surface area contributed by atoms with Crippen molar-refractivity contribution in [2.24, 2.45) is 0 Å². The van der Waals surface area contributed by atoms with Crippen LogP contribution >= 0.6 is 0 Å². The van der Waals surface area contributed by atoms with Gasteiger partial charge in [-0.25, -0.2) is 0 Å². The lowest BCUT2D eigenvalue weighted by Crippen LogP contribution is -1.85. The first-order valence-electron chi connectivity index (χ1n) is 2.88. The molecule has 0 aliphatic heterocycles. The summed E-state index contributed by atoms with van der Waals surface area (Å²) in [6.45, 7) is 1.64. The summed E-state index contributed by atoms with van der Waals surface area (Å²) in [7, 11) is 0. The number of rotatable bonds is 3. The number of aliphatic hydroxyl groups excluding tert-OH is 2. The Morgan fingerprint density at radius 2 is 2.33 bits per heavy atom. The van der Waals surface area contributed by atoms with Gasteiger partial charge in [-0.15, -0.1) is 0 Å². The van der Waals surface area contributed by atoms with Gasteiger partial charge in [0.25, 0.3) is 0 Å². The summed E-state index contributed by atoms with van der Waals surface area (Å²) in [5.74, 6) is -0.125. The van der Waals surface area contributed by atoms with Gasteiger partial charge in [-0.3, -0.25) is 0 Å². The van der Waals surface area contributed by atoms with Gasteiger partial charge < -0.3 is 10.2 Å². The fourth-order valence-corrected chi connectivity index (χ4v) is 0.319. The zero-order valence-corrected chi connectivity index (χ0v) is 5.46. The molecule has 0 unspecified atom stereocenters. The van der Waals surface area contributed by atoms with Crippen molar-refractivity contribution in [1.82, 2.24) is 0 Å². The Hall–Kier alpha value is -0.760. The summed E-state index contributed by atoms with van der Waals surface area (Å²) < 4.78 is 0. The van der Waals surface area contributed by atoms with E-state index in [2.05, 4.69) is 6.08 Å². The normalized spacial score (nSPS) is 12.9. The molecule has 0 heterocycles. The van der Waals surface area contributed by atoms with E-state index in [0.29, 0.717) is 0 Å². The summed E-state index contributed by atoms with van der Waals surface area (Å²) >= 11 is 0. The Morgan fingerprint density at radius 3 is 2.78 bits per heavy atom. The van der Waals surface area contributed by atoms with Crippen molar-refractivity contribution in [1.29, 1.82) is 0 Å². The molecule has 51 valence electrons. The Morgan fingerprint density at radius 1 is 1.67 bits per heavy atom. The molecule has 0 bridgehead atoms. The van der Waals surface area contributed by atoms with Crippen LogP contribution in [0.1, 0.15) is 13.3 Å². The third-order valence-electron chi connectivity index (χ3n) is 0.753. The van der Waals surface area contributed by atoms with E-state index >= 15 is 0 Å². The molecule has 0 aliphatic rings. The maximum absolute atomic E-state index is 8.59. The molecule has 2 heteroatoms. The molecule has 9 heavy (non-hydrogen) atoms. The van der Waals surface area contributed by atoms with Gasteiger partial charge in [0.1, 0.15) is 12.4 Å². The maximum Gasteiger partial charge on any atom is 0.126 e. The second-order valence-electron chi connectivity index (χ2n) is 1.56. The Kier molecular flexibility index (Phi) is 4.92. The van der Waals surface area contributed by atoms with Crippen molar-refractivity contribution in [3.05, 3.63) is 24.0 Å². The number of allylic oxidation sites excluding steroid dienone is 3. The van der Waals surface area contributed by atoms with Crippen LogP contribution < -0.4 is 0 Å². The average Bonchev–Trinajstić information content (AvgIpc) is 1.89. The molecule has 1 radical (unpaired) electrons. The zero-order valence-electron chi connectivity index (χ0n) is 5.46. The van der Waals surface area contributed by atoms with Gasteiger partial charge in [-0.1, -0.05) is 19.1 Å². The Labute approximate surface area is 55.1 Å². The van der Waals surface area contributed by atoms with E-state index in [1.165, 1.54) is 0 Å². The molecular weight excluding hydrogens is 116 g/mol. The van der Waals surface area contributed by atoms with Crippen LogP contribution in [0.15, 0.2) is 17.9 Å². The fraction of sp³-hybridized carbons (Fsp3) is 0.429. The summed E-state index contributed by atoms with van der Waals surface area (Å²) in [6.07, 6.45) is 6.81. The predicted molar refractivity (Wildman–Crippen MR) is 35.9 cm³/mol. The number of aliphatic hydroxyl groups is 2. The van der Waals surface area contributed by atoms with Crippen LogP contribution in [0.3, 0.4) is 0 Å². The molecule has 0 aromatic heterocycles. The zero-order chi connectivity index (χ0) is 7.11. The van der Waals surface area contributed by atoms with Gasteiger partial charge in [0.05, 0.1) is 0 Å². The van der Waals surface area contributed by atoms with Crippen molar-refractivity contribution in [3.8, 4) is 0 Å². The van der Waals surface area contributed by atoms with Crippen molar-refractivity contribution < 1.29 is 10.2 Å². The topological polar surface area (TPSA) is 40.5 Å². The predicted octanol–water partition coefficient (Wildman–Crippen LogP) is 1.19. The first-order chi connectivity index (χ1) is 4.31. The Balaban J connectivity index is 3.55. The number of hydrogen-bond acceptors (Lipinski definition) is 2. The molecule has 0 saturated carbocycles.